The number of carboxylic acids is 2. The van der Waals surface area contributed by atoms with E-state index in [4.69, 9.17) is 34.0 Å². The first-order chi connectivity index (χ1) is 16.8. The number of nitrogens with zero attached hydrogens (tertiary/aromatic N) is 2. The van der Waals surface area contributed by atoms with Gasteiger partial charge in [0.15, 0.2) is 0 Å². The first kappa shape index (κ1) is 27.3. The van der Waals surface area contributed by atoms with Crippen molar-refractivity contribution in [2.24, 2.45) is 0 Å². The molecule has 11 nitrogen and oxygen atoms in total. The zero-order chi connectivity index (χ0) is 25.8. The van der Waals surface area contributed by atoms with Crippen LogP contribution in [0.3, 0.4) is 0 Å². The van der Waals surface area contributed by atoms with Gasteiger partial charge in [-0.1, -0.05) is 12.1 Å². The molecule has 0 atom stereocenters. The summed E-state index contributed by atoms with van der Waals surface area (Å²) in [5.74, 6) is -1.48. The molecule has 1 heterocycles. The van der Waals surface area contributed by atoms with Crippen LogP contribution in [-0.2, 0) is 14.4 Å². The molecule has 2 aromatic rings. The third kappa shape index (κ3) is 8.70. The highest BCUT2D eigenvalue weighted by molar-refractivity contribution is 6.27. The number of anilines is 2. The van der Waals surface area contributed by atoms with Crippen LogP contribution < -0.4 is 24.4 Å². The van der Waals surface area contributed by atoms with Crippen molar-refractivity contribution < 1.29 is 38.8 Å². The van der Waals surface area contributed by atoms with Gasteiger partial charge < -0.3 is 34.6 Å². The second-order valence-corrected chi connectivity index (χ2v) is 7.51. The first-order valence-electron chi connectivity index (χ1n) is 10.9. The Morgan fingerprint density at radius 2 is 1.43 bits per heavy atom. The van der Waals surface area contributed by atoms with Crippen LogP contribution in [0.25, 0.3) is 0 Å². The number of methoxy groups -OCH3 is 3. The first-order valence-corrected chi connectivity index (χ1v) is 10.9. The molecular formula is C24H31N3O8. The quantitative estimate of drug-likeness (QED) is 0.472. The predicted molar refractivity (Wildman–Crippen MR) is 130 cm³/mol. The van der Waals surface area contributed by atoms with Gasteiger partial charge in [-0.05, 0) is 12.1 Å². The zero-order valence-electron chi connectivity index (χ0n) is 20.0. The molecule has 1 aliphatic rings. The number of rotatable bonds is 8. The van der Waals surface area contributed by atoms with E-state index in [9.17, 15) is 4.79 Å². The second kappa shape index (κ2) is 13.7. The summed E-state index contributed by atoms with van der Waals surface area (Å²) in [4.78, 5) is 35.2. The van der Waals surface area contributed by atoms with Gasteiger partial charge in [-0.2, -0.15) is 0 Å². The van der Waals surface area contributed by atoms with E-state index in [0.29, 0.717) is 23.6 Å². The lowest BCUT2D eigenvalue weighted by Crippen LogP contribution is -2.47. The van der Waals surface area contributed by atoms with Crippen LogP contribution in [-0.4, -0.2) is 87.0 Å². The molecule has 0 aliphatic carbocycles. The fraction of sp³-hybridized carbons (Fsp3) is 0.375. The van der Waals surface area contributed by atoms with Gasteiger partial charge in [-0.3, -0.25) is 9.69 Å². The average molecular weight is 490 g/mol. The van der Waals surface area contributed by atoms with E-state index in [1.165, 1.54) is 0 Å². The van der Waals surface area contributed by atoms with Gasteiger partial charge in [0.2, 0.25) is 5.91 Å². The highest BCUT2D eigenvalue weighted by atomic mass is 16.5. The molecule has 0 bridgehead atoms. The van der Waals surface area contributed by atoms with E-state index < -0.39 is 11.9 Å². The standard InChI is InChI=1S/C22H29N3O4.C2H2O4/c1-27-18-14-17(15-19(16-18)28-2)23-22(26)8-9-24-10-12-25(13-11-24)20-6-4-5-7-21(20)29-3;3-1(4)2(5)6/h4-7,14-16H,8-13H2,1-3H3,(H,23,26);(H,3,4)(H,5,6). The topological polar surface area (TPSA) is 138 Å². The number of benzene rings is 2. The Balaban J connectivity index is 0.000000641. The van der Waals surface area contributed by atoms with E-state index in [2.05, 4.69) is 21.2 Å². The number of carbonyl (C=O) groups is 3. The van der Waals surface area contributed by atoms with Crippen LogP contribution in [0, 0.1) is 0 Å². The van der Waals surface area contributed by atoms with Crippen molar-refractivity contribution in [2.75, 3.05) is 64.3 Å². The lowest BCUT2D eigenvalue weighted by molar-refractivity contribution is -0.159. The maximum absolute atomic E-state index is 12.4. The highest BCUT2D eigenvalue weighted by Gasteiger charge is 2.20. The number of aliphatic carboxylic acids is 2. The van der Waals surface area contributed by atoms with Gasteiger partial charge >= 0.3 is 11.9 Å². The van der Waals surface area contributed by atoms with Crippen LogP contribution in [0.2, 0.25) is 0 Å². The summed E-state index contributed by atoms with van der Waals surface area (Å²) in [7, 11) is 4.88. The zero-order valence-corrected chi connectivity index (χ0v) is 20.0. The Morgan fingerprint density at radius 1 is 0.857 bits per heavy atom. The SMILES string of the molecule is COc1cc(NC(=O)CCN2CCN(c3ccccc3OC)CC2)cc(OC)c1.O=C(O)C(=O)O. The third-order valence-electron chi connectivity index (χ3n) is 5.27. The fourth-order valence-corrected chi connectivity index (χ4v) is 3.47. The van der Waals surface area contributed by atoms with Crippen molar-refractivity contribution in [3.63, 3.8) is 0 Å². The highest BCUT2D eigenvalue weighted by Crippen LogP contribution is 2.28. The van der Waals surface area contributed by atoms with Crippen molar-refractivity contribution in [3.8, 4) is 17.2 Å². The smallest absolute Gasteiger partial charge is 0.414 e. The van der Waals surface area contributed by atoms with Crippen LogP contribution in [0.4, 0.5) is 11.4 Å². The molecule has 1 saturated heterocycles. The van der Waals surface area contributed by atoms with E-state index in [1.807, 2.05) is 18.2 Å². The predicted octanol–water partition coefficient (Wildman–Crippen LogP) is 2.02. The maximum atomic E-state index is 12.4. The number of carbonyl (C=O) groups excluding carboxylic acids is 1. The molecule has 1 aliphatic heterocycles. The summed E-state index contributed by atoms with van der Waals surface area (Å²) < 4.78 is 16.0. The summed E-state index contributed by atoms with van der Waals surface area (Å²) in [6, 6.07) is 13.4. The molecule has 2 aromatic carbocycles. The van der Waals surface area contributed by atoms with Crippen molar-refractivity contribution in [3.05, 3.63) is 42.5 Å². The van der Waals surface area contributed by atoms with Gasteiger partial charge in [0.25, 0.3) is 0 Å². The molecule has 35 heavy (non-hydrogen) atoms. The summed E-state index contributed by atoms with van der Waals surface area (Å²) >= 11 is 0. The normalized spacial score (nSPS) is 13.2. The molecular weight excluding hydrogens is 458 g/mol. The Morgan fingerprint density at radius 3 is 1.94 bits per heavy atom. The Kier molecular flexibility index (Phi) is 10.6. The second-order valence-electron chi connectivity index (χ2n) is 7.51. The van der Waals surface area contributed by atoms with Crippen molar-refractivity contribution in [1.82, 2.24) is 4.90 Å². The Hall–Kier alpha value is -3.99. The maximum Gasteiger partial charge on any atom is 0.414 e. The van der Waals surface area contributed by atoms with Gasteiger partial charge in [0.05, 0.1) is 27.0 Å². The number of nitrogens with one attached hydrogen (secondary N) is 1. The van der Waals surface area contributed by atoms with E-state index >= 15 is 0 Å². The lowest BCUT2D eigenvalue weighted by Gasteiger charge is -2.36. The van der Waals surface area contributed by atoms with Crippen molar-refractivity contribution in [1.29, 1.82) is 0 Å². The van der Waals surface area contributed by atoms with E-state index in [1.54, 1.807) is 39.5 Å². The van der Waals surface area contributed by atoms with Crippen molar-refractivity contribution >= 4 is 29.2 Å². The largest absolute Gasteiger partial charge is 0.497 e. The Bertz CT molecular complexity index is 972. The number of ether oxygens (including phenoxy) is 3. The van der Waals surface area contributed by atoms with Gasteiger partial charge in [-0.15, -0.1) is 0 Å². The molecule has 190 valence electrons. The third-order valence-corrected chi connectivity index (χ3v) is 5.27. The molecule has 11 heteroatoms. The Labute approximate surface area is 203 Å². The van der Waals surface area contributed by atoms with E-state index in [0.717, 1.165) is 44.2 Å². The van der Waals surface area contributed by atoms with Crippen LogP contribution in [0.15, 0.2) is 42.5 Å². The molecule has 1 fully saturated rings. The van der Waals surface area contributed by atoms with Gasteiger partial charge in [0, 0.05) is 63.0 Å². The molecule has 3 N–H and O–H groups in total. The minimum Gasteiger partial charge on any atom is -0.497 e. The molecule has 0 radical (unpaired) electrons. The number of hydrogen-bond acceptors (Lipinski definition) is 8. The monoisotopic (exact) mass is 489 g/mol. The fourth-order valence-electron chi connectivity index (χ4n) is 3.47. The molecule has 0 saturated carbocycles. The van der Waals surface area contributed by atoms with Gasteiger partial charge in [0.1, 0.15) is 17.2 Å². The number of hydrogen-bond donors (Lipinski definition) is 3. The number of carboxylic acid groups (broad SMARTS) is 2. The van der Waals surface area contributed by atoms with Crippen LogP contribution >= 0.6 is 0 Å². The minimum absolute atomic E-state index is 0.0209. The molecule has 3 rings (SSSR count). The van der Waals surface area contributed by atoms with Crippen LogP contribution in [0.5, 0.6) is 17.2 Å². The molecule has 0 aromatic heterocycles. The van der Waals surface area contributed by atoms with Gasteiger partial charge in [-0.25, -0.2) is 9.59 Å². The minimum atomic E-state index is -1.82. The van der Waals surface area contributed by atoms with Crippen molar-refractivity contribution in [2.45, 2.75) is 6.42 Å². The molecule has 0 unspecified atom stereocenters. The summed E-state index contributed by atoms with van der Waals surface area (Å²) in [6.45, 7) is 4.38. The summed E-state index contributed by atoms with van der Waals surface area (Å²) in [6.07, 6.45) is 0.439. The van der Waals surface area contributed by atoms with Crippen LogP contribution in [0.1, 0.15) is 6.42 Å². The number of para-hydroxylation sites is 2. The number of piperazine rings is 1. The van der Waals surface area contributed by atoms with E-state index in [-0.39, 0.29) is 5.91 Å². The summed E-state index contributed by atoms with van der Waals surface area (Å²) in [5.41, 5.74) is 1.80. The summed E-state index contributed by atoms with van der Waals surface area (Å²) in [5, 5.41) is 17.7. The average Bonchev–Trinajstić information content (AvgIpc) is 2.87. The lowest BCUT2D eigenvalue weighted by atomic mass is 10.2. The molecule has 1 amide bonds. The molecule has 0 spiro atoms. The number of amides is 1.